The van der Waals surface area contributed by atoms with E-state index in [0.29, 0.717) is 0 Å². The average Bonchev–Trinajstić information content (AvgIpc) is 0.592. The van der Waals surface area contributed by atoms with Crippen LogP contribution in [0.15, 0.2) is 0 Å². The van der Waals surface area contributed by atoms with E-state index in [4.69, 9.17) is 20.8 Å². The maximum atomic E-state index is 7.42. The molecule has 0 aliphatic rings. The second-order valence-electron chi connectivity index (χ2n) is 1.22. The van der Waals surface area contributed by atoms with E-state index in [1.165, 1.54) is 0 Å². The molecule has 7 heavy (non-hydrogen) atoms. The zero-order chi connectivity index (χ0) is 6.41. The van der Waals surface area contributed by atoms with Gasteiger partial charge in [0.05, 0.1) is 0 Å². The molecule has 7 heteroatoms. The van der Waals surface area contributed by atoms with Crippen LogP contribution in [0.25, 0.3) is 0 Å². The Balaban J connectivity index is 4.43. The Morgan fingerprint density at radius 2 is 0.571 bits per heavy atom. The predicted molar refractivity (Wildman–Crippen MR) is 19.1 cm³/mol. The van der Waals surface area contributed by atoms with Crippen LogP contribution in [-0.2, 0) is 0 Å². The summed E-state index contributed by atoms with van der Waals surface area (Å²) in [6, 6.07) is 0. The number of hydrogen-bond donors (Lipinski definition) is 6. The van der Waals surface area contributed by atoms with Gasteiger partial charge in [0.2, 0.25) is 0 Å². The molecule has 6 nitrogen and oxygen atoms in total. The van der Waals surface area contributed by atoms with Gasteiger partial charge in [-0.3, -0.25) is 0 Å². The second kappa shape index (κ2) is 0.834. The van der Waals surface area contributed by atoms with Crippen molar-refractivity contribution in [2.45, 2.75) is 0 Å². The van der Waals surface area contributed by atoms with Crippen molar-refractivity contribution in [3.63, 3.8) is 0 Å². The molecule has 0 aromatic rings. The Bertz CT molecular complexity index is 62.7. The first-order valence-corrected chi connectivity index (χ1v) is 7.35. The normalized spacial score (nSPS) is 23.1. The first-order valence-electron chi connectivity index (χ1n) is 1.10. The summed E-state index contributed by atoms with van der Waals surface area (Å²) in [5, 5.41) is 0. The molecule has 0 saturated carbocycles. The van der Waals surface area contributed by atoms with Gasteiger partial charge in [0.25, 0.3) is 0 Å². The van der Waals surface area contributed by atoms with Crippen LogP contribution >= 0.6 is 0 Å². The molecule has 0 bridgehead atoms. The van der Waals surface area contributed by atoms with Crippen molar-refractivity contribution in [3.8, 4) is 0 Å². The fourth-order valence-corrected chi connectivity index (χ4v) is 0. The third kappa shape index (κ3) is 449. The Morgan fingerprint density at radius 1 is 0.571 bits per heavy atom. The van der Waals surface area contributed by atoms with E-state index in [-0.39, 0.29) is 0 Å². The van der Waals surface area contributed by atoms with E-state index in [1.807, 2.05) is 0 Å². The van der Waals surface area contributed by atoms with Crippen LogP contribution in [-0.4, -0.2) is 38.7 Å². The molecule has 0 rings (SSSR count). The van der Waals surface area contributed by atoms with Gasteiger partial charge in [0.1, 0.15) is 0 Å². The molecule has 0 unspecified atom stereocenters. The van der Waals surface area contributed by atoms with Crippen LogP contribution in [0.5, 0.6) is 0 Å². The van der Waals surface area contributed by atoms with Crippen LogP contribution < -0.4 is 0 Å². The molecule has 0 aliphatic carbocycles. The summed E-state index contributed by atoms with van der Waals surface area (Å²) in [4.78, 5) is 0. The van der Waals surface area contributed by atoms with Crippen molar-refractivity contribution >= 4 is 17.9 Å². The van der Waals surface area contributed by atoms with Crippen LogP contribution in [0.1, 0.15) is 0 Å². The van der Waals surface area contributed by atoms with E-state index in [1.54, 1.807) is 0 Å². The molecule has 0 heterocycles. The first kappa shape index (κ1) is 7.55. The summed E-state index contributed by atoms with van der Waals surface area (Å²) in [7, 11) is 0. The molecule has 0 atom stereocenters. The summed E-state index contributed by atoms with van der Waals surface area (Å²) >= 11 is -8.18. The average molecular weight is 230 g/mol. The van der Waals surface area contributed by atoms with E-state index in [9.17, 15) is 0 Å². The summed E-state index contributed by atoms with van der Waals surface area (Å²) in [6.45, 7) is 0. The van der Waals surface area contributed by atoms with Crippen molar-refractivity contribution in [1.82, 2.24) is 0 Å². The molecule has 0 saturated heterocycles. The van der Waals surface area contributed by atoms with Gasteiger partial charge < -0.3 is 0 Å². The van der Waals surface area contributed by atoms with Crippen molar-refractivity contribution in [2.75, 3.05) is 0 Å². The molecule has 0 aliphatic heterocycles. The molecule has 48 valence electrons. The zero-order valence-corrected chi connectivity index (χ0v) is 5.42. The molecular weight excluding hydrogens is 224 g/mol. The SMILES string of the molecule is O[Te](O)(O)(O)(O)O. The van der Waals surface area contributed by atoms with Gasteiger partial charge in [-0.25, -0.2) is 0 Å². The van der Waals surface area contributed by atoms with Crippen LogP contribution in [0.2, 0.25) is 0 Å². The monoisotopic (exact) mass is 232 g/mol. The number of hydrogen-bond acceptors (Lipinski definition) is 6. The molecule has 6 N–H and O–H groups in total. The summed E-state index contributed by atoms with van der Waals surface area (Å²) in [5.74, 6) is 0. The predicted octanol–water partition coefficient (Wildman–Crippen LogP) is -3.72. The van der Waals surface area contributed by atoms with Crippen LogP contribution in [0.3, 0.4) is 0 Å². The van der Waals surface area contributed by atoms with Gasteiger partial charge in [-0.05, 0) is 0 Å². The Morgan fingerprint density at radius 3 is 0.571 bits per heavy atom. The van der Waals surface area contributed by atoms with Gasteiger partial charge >= 0.3 is 38.7 Å². The van der Waals surface area contributed by atoms with Gasteiger partial charge in [-0.15, -0.1) is 0 Å². The quantitative estimate of drug-likeness (QED) is 0.238. The van der Waals surface area contributed by atoms with E-state index < -0.39 is 17.9 Å². The fraction of sp³-hybridized carbons (Fsp3) is 0. The third-order valence-electron chi connectivity index (χ3n) is 0. The molecule has 0 radical (unpaired) electrons. The van der Waals surface area contributed by atoms with Gasteiger partial charge in [0.15, 0.2) is 0 Å². The minimum absolute atomic E-state index is 7.42. The van der Waals surface area contributed by atoms with Gasteiger partial charge in [-0.1, -0.05) is 0 Å². The van der Waals surface area contributed by atoms with Crippen molar-refractivity contribution < 1.29 is 20.8 Å². The van der Waals surface area contributed by atoms with E-state index in [2.05, 4.69) is 0 Å². The molecule has 0 amide bonds. The van der Waals surface area contributed by atoms with E-state index >= 15 is 0 Å². The third-order valence-corrected chi connectivity index (χ3v) is 0. The van der Waals surface area contributed by atoms with E-state index in [0.717, 1.165) is 0 Å². The molecule has 0 spiro atoms. The molecule has 0 fully saturated rings. The van der Waals surface area contributed by atoms with Crippen molar-refractivity contribution in [1.29, 1.82) is 0 Å². The van der Waals surface area contributed by atoms with Gasteiger partial charge in [0, 0.05) is 0 Å². The maximum absolute atomic E-state index is 8.18. The number of rotatable bonds is 0. The Kier molecular flexibility index (Phi) is 0.900. The molecule has 0 aromatic carbocycles. The fourth-order valence-electron chi connectivity index (χ4n) is 0. The van der Waals surface area contributed by atoms with Crippen molar-refractivity contribution in [3.05, 3.63) is 0 Å². The second-order valence-corrected chi connectivity index (χ2v) is 8.22. The topological polar surface area (TPSA) is 121 Å². The molecule has 0 aromatic heterocycles. The standard InChI is InChI=1S/H6O6Te/c1-7(2,3,4,5)6/h1-6H. The van der Waals surface area contributed by atoms with Crippen LogP contribution in [0, 0.1) is 0 Å². The summed E-state index contributed by atoms with van der Waals surface area (Å²) < 4.78 is 44.5. The minimum atomic E-state index is -8.18. The Labute approximate surface area is 39.3 Å². The van der Waals surface area contributed by atoms with Gasteiger partial charge in [-0.2, -0.15) is 0 Å². The zero-order valence-electron chi connectivity index (χ0n) is 3.09. The first-order chi connectivity index (χ1) is 2.45. The Hall–Kier alpha value is 0.550. The molecular formula is H6O6Te. The van der Waals surface area contributed by atoms with Crippen LogP contribution in [0.4, 0.5) is 0 Å². The summed E-state index contributed by atoms with van der Waals surface area (Å²) in [6.07, 6.45) is 0. The van der Waals surface area contributed by atoms with Crippen molar-refractivity contribution in [2.24, 2.45) is 0 Å². The summed E-state index contributed by atoms with van der Waals surface area (Å²) in [5.41, 5.74) is 0.